The average Bonchev–Trinajstić information content (AvgIpc) is 3.16. The fraction of sp³-hybridized carbons (Fsp3) is 0.423. The third-order valence-corrected chi connectivity index (χ3v) is 6.94. The lowest BCUT2D eigenvalue weighted by atomic mass is 9.83. The summed E-state index contributed by atoms with van der Waals surface area (Å²) in [7, 11) is 0. The van der Waals surface area contributed by atoms with Crippen LogP contribution in [0.25, 0.3) is 11.1 Å². The molecule has 2 aliphatic rings. The number of carboxylic acids is 1. The molecule has 1 unspecified atom stereocenters. The van der Waals surface area contributed by atoms with E-state index in [4.69, 9.17) is 4.74 Å². The van der Waals surface area contributed by atoms with Gasteiger partial charge in [-0.15, -0.1) is 0 Å². The van der Waals surface area contributed by atoms with Gasteiger partial charge in [-0.05, 0) is 42.0 Å². The fourth-order valence-electron chi connectivity index (χ4n) is 4.93. The minimum Gasteiger partial charge on any atom is -0.479 e. The van der Waals surface area contributed by atoms with Crippen LogP contribution in [-0.2, 0) is 14.3 Å². The zero-order valence-corrected chi connectivity index (χ0v) is 19.1. The Morgan fingerprint density at radius 1 is 1.00 bits per heavy atom. The van der Waals surface area contributed by atoms with Crippen molar-refractivity contribution in [2.45, 2.75) is 50.1 Å². The van der Waals surface area contributed by atoms with E-state index in [0.29, 0.717) is 12.8 Å². The molecular weight excluding hydrogens is 436 g/mol. The summed E-state index contributed by atoms with van der Waals surface area (Å²) in [6.45, 7) is 0.695. The highest BCUT2D eigenvalue weighted by atomic mass is 16.5. The van der Waals surface area contributed by atoms with Gasteiger partial charge in [-0.2, -0.15) is 0 Å². The van der Waals surface area contributed by atoms with Crippen LogP contribution in [0, 0.1) is 5.92 Å². The first-order valence-corrected chi connectivity index (χ1v) is 11.6. The van der Waals surface area contributed by atoms with Crippen LogP contribution in [0.4, 0.5) is 4.79 Å². The number of carbonyl (C=O) groups is 3. The molecular formula is C26H30N2O6. The van der Waals surface area contributed by atoms with Crippen LogP contribution in [0.1, 0.15) is 49.7 Å². The van der Waals surface area contributed by atoms with Crippen molar-refractivity contribution in [3.8, 4) is 11.1 Å². The Kier molecular flexibility index (Phi) is 6.88. The lowest BCUT2D eigenvalue weighted by molar-refractivity contribution is -0.149. The maximum Gasteiger partial charge on any atom is 0.407 e. The Balaban J connectivity index is 1.40. The number of rotatable bonds is 7. The molecule has 4 rings (SSSR count). The summed E-state index contributed by atoms with van der Waals surface area (Å²) < 4.78 is 5.61. The Bertz CT molecular complexity index is 1040. The zero-order valence-electron chi connectivity index (χ0n) is 19.1. The van der Waals surface area contributed by atoms with E-state index >= 15 is 0 Å². The predicted octanol–water partition coefficient (Wildman–Crippen LogP) is 3.04. The standard InChI is InChI=1S/C26H30N2O6/c1-26(15-29,24(31)32)28-23(30)20-12-6-7-13-22(20)27-25(33)34-14-21-18-10-4-2-8-16(18)17-9-3-5-11-19(17)21/h2-5,8-11,20-22,29H,6-7,12-15H2,1H3,(H,27,33)(H,28,30)(H,31,32)/t20-,22+,26?/m0/s1. The van der Waals surface area contributed by atoms with Gasteiger partial charge >= 0.3 is 12.1 Å². The molecule has 2 amide bonds. The molecule has 0 bridgehead atoms. The van der Waals surface area contributed by atoms with Gasteiger partial charge in [0, 0.05) is 12.0 Å². The summed E-state index contributed by atoms with van der Waals surface area (Å²) >= 11 is 0. The first-order chi connectivity index (χ1) is 16.3. The number of aliphatic carboxylic acids is 1. The summed E-state index contributed by atoms with van der Waals surface area (Å²) in [6, 6.07) is 15.7. The van der Waals surface area contributed by atoms with Crippen LogP contribution in [0.15, 0.2) is 48.5 Å². The van der Waals surface area contributed by atoms with E-state index in [1.54, 1.807) is 0 Å². The van der Waals surface area contributed by atoms with Crippen molar-refractivity contribution in [3.63, 3.8) is 0 Å². The third kappa shape index (κ3) is 4.63. The Hall–Kier alpha value is -3.39. The van der Waals surface area contributed by atoms with Gasteiger partial charge in [-0.25, -0.2) is 9.59 Å². The number of aliphatic hydroxyl groups excluding tert-OH is 1. The fourth-order valence-corrected chi connectivity index (χ4v) is 4.93. The van der Waals surface area contributed by atoms with Crippen molar-refractivity contribution in [2.24, 2.45) is 5.92 Å². The highest BCUT2D eigenvalue weighted by Crippen LogP contribution is 2.44. The molecule has 0 heterocycles. The number of carboxylic acid groups (broad SMARTS) is 1. The van der Waals surface area contributed by atoms with Crippen LogP contribution in [0.5, 0.6) is 0 Å². The van der Waals surface area contributed by atoms with E-state index in [1.807, 2.05) is 36.4 Å². The summed E-state index contributed by atoms with van der Waals surface area (Å²) in [6.07, 6.45) is 2.14. The van der Waals surface area contributed by atoms with Crippen LogP contribution in [0.3, 0.4) is 0 Å². The molecule has 180 valence electrons. The number of benzene rings is 2. The molecule has 0 spiro atoms. The van der Waals surface area contributed by atoms with Gasteiger partial charge in [0.05, 0.1) is 12.5 Å². The molecule has 8 heteroatoms. The van der Waals surface area contributed by atoms with Crippen LogP contribution in [-0.4, -0.2) is 53.0 Å². The van der Waals surface area contributed by atoms with Crippen molar-refractivity contribution >= 4 is 18.0 Å². The molecule has 3 atom stereocenters. The Morgan fingerprint density at radius 2 is 1.59 bits per heavy atom. The summed E-state index contributed by atoms with van der Waals surface area (Å²) in [4.78, 5) is 37.0. The van der Waals surface area contributed by atoms with E-state index in [0.717, 1.165) is 35.1 Å². The third-order valence-electron chi connectivity index (χ3n) is 6.94. The lowest BCUT2D eigenvalue weighted by Gasteiger charge is -2.33. The Morgan fingerprint density at radius 3 is 2.18 bits per heavy atom. The number of hydrogen-bond donors (Lipinski definition) is 4. The maximum atomic E-state index is 12.8. The summed E-state index contributed by atoms with van der Waals surface area (Å²) in [5.74, 6) is -2.48. The highest BCUT2D eigenvalue weighted by molar-refractivity contribution is 5.88. The van der Waals surface area contributed by atoms with Crippen molar-refractivity contribution in [1.29, 1.82) is 0 Å². The second kappa shape index (κ2) is 9.85. The number of amides is 2. The van der Waals surface area contributed by atoms with E-state index in [9.17, 15) is 24.6 Å². The van der Waals surface area contributed by atoms with E-state index in [-0.39, 0.29) is 12.5 Å². The molecule has 0 aromatic heterocycles. The predicted molar refractivity (Wildman–Crippen MR) is 125 cm³/mol. The van der Waals surface area contributed by atoms with E-state index in [1.165, 1.54) is 6.92 Å². The minimum atomic E-state index is -1.77. The molecule has 4 N–H and O–H groups in total. The monoisotopic (exact) mass is 466 g/mol. The number of hydrogen-bond acceptors (Lipinski definition) is 5. The summed E-state index contributed by atoms with van der Waals surface area (Å²) in [5.41, 5.74) is 2.73. The minimum absolute atomic E-state index is 0.0653. The maximum absolute atomic E-state index is 12.8. The van der Waals surface area contributed by atoms with Crippen molar-refractivity contribution in [2.75, 3.05) is 13.2 Å². The number of fused-ring (bicyclic) bond motifs is 3. The van der Waals surface area contributed by atoms with Gasteiger partial charge < -0.3 is 25.6 Å². The van der Waals surface area contributed by atoms with Gasteiger partial charge in [0.25, 0.3) is 0 Å². The SMILES string of the molecule is CC(CO)(NC(=O)[C@H]1CCCC[C@H]1NC(=O)OCC1c2ccccc2-c2ccccc21)C(=O)O. The number of nitrogens with one attached hydrogen (secondary N) is 2. The van der Waals surface area contributed by atoms with Crippen LogP contribution >= 0.6 is 0 Å². The van der Waals surface area contributed by atoms with Crippen molar-refractivity contribution in [1.82, 2.24) is 10.6 Å². The smallest absolute Gasteiger partial charge is 0.407 e. The van der Waals surface area contributed by atoms with Gasteiger partial charge in [-0.1, -0.05) is 61.4 Å². The molecule has 0 radical (unpaired) electrons. The molecule has 0 saturated heterocycles. The molecule has 2 aromatic rings. The first kappa shape index (κ1) is 23.8. The zero-order chi connectivity index (χ0) is 24.3. The van der Waals surface area contributed by atoms with Gasteiger partial charge in [0.2, 0.25) is 5.91 Å². The quantitative estimate of drug-likeness (QED) is 0.497. The highest BCUT2D eigenvalue weighted by Gasteiger charge is 2.39. The molecule has 1 fully saturated rings. The average molecular weight is 467 g/mol. The van der Waals surface area contributed by atoms with Gasteiger partial charge in [0.1, 0.15) is 6.61 Å². The van der Waals surface area contributed by atoms with Crippen molar-refractivity contribution in [3.05, 3.63) is 59.7 Å². The van der Waals surface area contributed by atoms with E-state index < -0.39 is 42.1 Å². The number of aliphatic hydroxyl groups is 1. The second-order valence-electron chi connectivity index (χ2n) is 9.25. The Labute approximate surface area is 198 Å². The van der Waals surface area contributed by atoms with Crippen LogP contribution < -0.4 is 10.6 Å². The van der Waals surface area contributed by atoms with E-state index in [2.05, 4.69) is 22.8 Å². The number of ether oxygens (including phenoxy) is 1. The topological polar surface area (TPSA) is 125 Å². The molecule has 34 heavy (non-hydrogen) atoms. The normalized spacial score (nSPS) is 21.0. The first-order valence-electron chi connectivity index (χ1n) is 11.6. The molecule has 2 aromatic carbocycles. The van der Waals surface area contributed by atoms with Gasteiger partial charge in [-0.3, -0.25) is 4.79 Å². The van der Waals surface area contributed by atoms with Gasteiger partial charge in [0.15, 0.2) is 5.54 Å². The number of alkyl carbamates (subject to hydrolysis) is 1. The molecule has 8 nitrogen and oxygen atoms in total. The number of carbonyl (C=O) groups excluding carboxylic acids is 2. The summed E-state index contributed by atoms with van der Waals surface area (Å²) in [5, 5.41) is 24.0. The molecule has 2 aliphatic carbocycles. The van der Waals surface area contributed by atoms with Crippen LogP contribution in [0.2, 0.25) is 0 Å². The molecule has 1 saturated carbocycles. The largest absolute Gasteiger partial charge is 0.479 e. The lowest BCUT2D eigenvalue weighted by Crippen LogP contribution is -2.59. The van der Waals surface area contributed by atoms with Crippen molar-refractivity contribution < 1.29 is 29.3 Å². The molecule has 0 aliphatic heterocycles. The second-order valence-corrected chi connectivity index (χ2v) is 9.25.